The van der Waals surface area contributed by atoms with Crippen molar-refractivity contribution >= 4 is 59.4 Å². The first kappa shape index (κ1) is 40.9. The monoisotopic (exact) mass is 878 g/mol. The van der Waals surface area contributed by atoms with Gasteiger partial charge in [-0.3, -0.25) is 13.7 Å². The summed E-state index contributed by atoms with van der Waals surface area (Å²) in [4.78, 5) is 4.91. The lowest BCUT2D eigenvalue weighted by atomic mass is 9.88. The van der Waals surface area contributed by atoms with Gasteiger partial charge in [0.05, 0.1) is 49.6 Å². The Hall–Kier alpha value is -6.81. The van der Waals surface area contributed by atoms with Crippen LogP contribution in [-0.4, -0.2) is 30.3 Å². The lowest BCUT2D eigenvalue weighted by molar-refractivity contribution is -0.570. The molecule has 1 aliphatic rings. The Morgan fingerprint density at radius 3 is 1.92 bits per heavy atom. The van der Waals surface area contributed by atoms with E-state index in [1.165, 1.54) is 60.4 Å². The number of hydrogen-bond donors (Lipinski definition) is 0. The molecule has 3 aromatic heterocycles. The Kier molecular flexibility index (Phi) is 9.37. The number of pyridine rings is 1. The molecule has 7 heteroatoms. The van der Waals surface area contributed by atoms with E-state index in [1.54, 1.807) is 0 Å². The van der Waals surface area contributed by atoms with E-state index in [9.17, 15) is 0 Å². The van der Waals surface area contributed by atoms with Gasteiger partial charge in [0, 0.05) is 23.0 Å². The molecule has 4 heterocycles. The van der Waals surface area contributed by atoms with Crippen molar-refractivity contribution in [3.63, 3.8) is 0 Å². The molecule has 7 aromatic carbocycles. The van der Waals surface area contributed by atoms with Gasteiger partial charge in [-0.25, -0.2) is 4.98 Å². The molecule has 65 heavy (non-hydrogen) atoms. The second-order valence-electron chi connectivity index (χ2n) is 20.7. The molecule has 5 nitrogen and oxygen atoms in total. The largest absolute Gasteiger partial charge is 0.458 e. The third-order valence-corrected chi connectivity index (χ3v) is 17.2. The number of ether oxygens (including phenoxy) is 1. The molecule has 0 fully saturated rings. The summed E-state index contributed by atoms with van der Waals surface area (Å²) >= 11 is 0. The Balaban J connectivity index is 1.10. The molecule has 0 radical (unpaired) electrons. The van der Waals surface area contributed by atoms with E-state index in [4.69, 9.17) is 9.72 Å². The second kappa shape index (κ2) is 14.9. The van der Waals surface area contributed by atoms with Gasteiger partial charge in [0.15, 0.2) is 0 Å². The van der Waals surface area contributed by atoms with E-state index in [0.717, 1.165) is 50.5 Å². The maximum Gasteiger partial charge on any atom is 0.269 e. The number of para-hydroxylation sites is 3. The number of aromatic nitrogens is 4. The van der Waals surface area contributed by atoms with Crippen LogP contribution >= 0.6 is 0 Å². The van der Waals surface area contributed by atoms with Gasteiger partial charge < -0.3 is 4.74 Å². The molecule has 0 N–H and O–H groups in total. The first-order valence-corrected chi connectivity index (χ1v) is 29.8. The average Bonchev–Trinajstić information content (AvgIpc) is 3.84. The van der Waals surface area contributed by atoms with Gasteiger partial charge in [-0.15, -0.1) is 0 Å². The van der Waals surface area contributed by atoms with Crippen molar-refractivity contribution in [1.29, 1.82) is 0 Å². The summed E-state index contributed by atoms with van der Waals surface area (Å²) in [6.07, 6.45) is 5.93. The summed E-state index contributed by atoms with van der Waals surface area (Å²) in [5.74, 6) is 2.40. The molecule has 10 aromatic rings. The van der Waals surface area contributed by atoms with Crippen LogP contribution in [0.15, 0.2) is 164 Å². The molecule has 0 saturated heterocycles. The van der Waals surface area contributed by atoms with Gasteiger partial charge in [0.1, 0.15) is 17.3 Å². The molecular formula is C58H54N4OSi2. The highest BCUT2D eigenvalue weighted by Crippen LogP contribution is 2.43. The summed E-state index contributed by atoms with van der Waals surface area (Å²) in [6, 6.07) is 57.5. The molecule has 0 saturated carbocycles. The van der Waals surface area contributed by atoms with E-state index in [-0.39, 0.29) is 5.41 Å². The minimum Gasteiger partial charge on any atom is -0.458 e. The fraction of sp³-hybridized carbons (Fsp3) is 0.172. The fourth-order valence-corrected chi connectivity index (χ4v) is 13.2. The average molecular weight is 879 g/mol. The molecule has 0 amide bonds. The molecule has 11 rings (SSSR count). The highest BCUT2D eigenvalue weighted by Gasteiger charge is 2.32. The first-order valence-electron chi connectivity index (χ1n) is 22.8. The summed E-state index contributed by atoms with van der Waals surface area (Å²) in [6.45, 7) is 21.6. The Bertz CT molecular complexity index is 3540. The van der Waals surface area contributed by atoms with Gasteiger partial charge in [-0.1, -0.05) is 168 Å². The predicted molar refractivity (Wildman–Crippen MR) is 277 cm³/mol. The van der Waals surface area contributed by atoms with E-state index in [2.05, 4.69) is 232 Å². The third-order valence-electron chi connectivity index (χ3n) is 13.2. The minimum atomic E-state index is -1.92. The van der Waals surface area contributed by atoms with Gasteiger partial charge in [-0.05, 0) is 98.1 Å². The SMILES string of the molecule is CC(C)(C)c1ccnc(-n2c3ccccc3c3ccc(Oc4cccc(-n5[c-][n+]6c7c(cccc75)-c5ccccc5-c5cccc([Si](C)(C)C)c5-c5cccc([Si](C)(C)C)c5-6)c4)cc32)c1. The first-order chi connectivity index (χ1) is 31.1. The van der Waals surface area contributed by atoms with Crippen molar-refractivity contribution < 1.29 is 9.30 Å². The Morgan fingerprint density at radius 1 is 0.538 bits per heavy atom. The van der Waals surface area contributed by atoms with E-state index < -0.39 is 16.1 Å². The smallest absolute Gasteiger partial charge is 0.269 e. The summed E-state index contributed by atoms with van der Waals surface area (Å²) in [7, 11) is -3.76. The zero-order valence-electron chi connectivity index (χ0n) is 38.8. The third kappa shape index (κ3) is 6.79. The maximum atomic E-state index is 6.84. The van der Waals surface area contributed by atoms with Gasteiger partial charge in [0.2, 0.25) is 0 Å². The van der Waals surface area contributed by atoms with Crippen LogP contribution in [0.4, 0.5) is 0 Å². The Labute approximate surface area is 384 Å². The predicted octanol–water partition coefficient (Wildman–Crippen LogP) is 13.7. The van der Waals surface area contributed by atoms with Crippen LogP contribution in [0.3, 0.4) is 0 Å². The van der Waals surface area contributed by atoms with E-state index >= 15 is 0 Å². The van der Waals surface area contributed by atoms with Crippen molar-refractivity contribution in [2.45, 2.75) is 65.5 Å². The molecular weight excluding hydrogens is 825 g/mol. The van der Waals surface area contributed by atoms with Crippen molar-refractivity contribution in [2.75, 3.05) is 0 Å². The zero-order valence-corrected chi connectivity index (χ0v) is 40.8. The lowest BCUT2D eigenvalue weighted by Crippen LogP contribution is -2.48. The normalized spacial score (nSPS) is 12.7. The number of rotatable bonds is 6. The standard InChI is InChI=1S/C58H54N4OSi2/c1-58(2,3)38-32-33-59-54(34-38)62-49-26-13-12-22-44(49)45-31-30-41(36-51(45)62)63-40-19-14-18-39(35-40)60-37-61-56-47(24-15-27-50(56)60)43-21-11-10-20-42(43)46-23-16-28-52(64(4,5)6)55(46)48-25-17-29-53(57(48)61)65(7,8)9/h10-36H,1-9H3. The van der Waals surface area contributed by atoms with Gasteiger partial charge in [-0.2, -0.15) is 0 Å². The molecule has 0 atom stereocenters. The molecule has 0 bridgehead atoms. The summed E-state index contributed by atoms with van der Waals surface area (Å²) < 4.78 is 13.8. The molecule has 1 aliphatic heterocycles. The van der Waals surface area contributed by atoms with Crippen molar-refractivity contribution in [3.05, 3.63) is 176 Å². The number of hydrogen-bond acceptors (Lipinski definition) is 2. The van der Waals surface area contributed by atoms with E-state index in [0.29, 0.717) is 0 Å². The van der Waals surface area contributed by atoms with Crippen LogP contribution in [-0.2, 0) is 5.41 Å². The zero-order chi connectivity index (χ0) is 45.0. The van der Waals surface area contributed by atoms with Crippen LogP contribution in [0.25, 0.3) is 83.4 Å². The van der Waals surface area contributed by atoms with Crippen LogP contribution in [0.1, 0.15) is 26.3 Å². The van der Waals surface area contributed by atoms with Crippen molar-refractivity contribution in [3.8, 4) is 62.1 Å². The number of benzene rings is 7. The van der Waals surface area contributed by atoms with Gasteiger partial charge in [0.25, 0.3) is 6.33 Å². The lowest BCUT2D eigenvalue weighted by Gasteiger charge is -2.28. The molecule has 320 valence electrons. The van der Waals surface area contributed by atoms with Crippen molar-refractivity contribution in [1.82, 2.24) is 14.1 Å². The summed E-state index contributed by atoms with van der Waals surface area (Å²) in [5.41, 5.74) is 15.4. The fourth-order valence-electron chi connectivity index (χ4n) is 10.1. The number of nitrogens with zero attached hydrogens (tertiary/aromatic N) is 4. The van der Waals surface area contributed by atoms with Crippen LogP contribution in [0.2, 0.25) is 39.3 Å². The molecule has 0 spiro atoms. The van der Waals surface area contributed by atoms with E-state index in [1.807, 2.05) is 12.3 Å². The summed E-state index contributed by atoms with van der Waals surface area (Å²) in [5, 5.41) is 5.23. The Morgan fingerprint density at radius 2 is 1.15 bits per heavy atom. The highest BCUT2D eigenvalue weighted by atomic mass is 28.3. The quantitative estimate of drug-likeness (QED) is 0.0948. The topological polar surface area (TPSA) is 35.9 Å². The second-order valence-corrected chi connectivity index (χ2v) is 30.8. The molecule has 0 aliphatic carbocycles. The van der Waals surface area contributed by atoms with Crippen LogP contribution in [0, 0.1) is 6.33 Å². The van der Waals surface area contributed by atoms with Crippen molar-refractivity contribution in [2.24, 2.45) is 0 Å². The van der Waals surface area contributed by atoms with Crippen LogP contribution < -0.4 is 19.7 Å². The number of fused-ring (bicyclic) bond motifs is 10. The van der Waals surface area contributed by atoms with Crippen LogP contribution in [0.5, 0.6) is 11.5 Å². The minimum absolute atomic E-state index is 0.0123. The maximum absolute atomic E-state index is 6.84. The number of imidazole rings is 1. The highest BCUT2D eigenvalue weighted by molar-refractivity contribution is 6.90. The molecule has 0 unspecified atom stereocenters. The van der Waals surface area contributed by atoms with Gasteiger partial charge >= 0.3 is 0 Å².